The Morgan fingerprint density at radius 3 is 0.933 bits per heavy atom. The zero-order valence-corrected chi connectivity index (χ0v) is 30.7. The molecule has 4 N–H and O–H groups in total. The molecule has 272 valence electrons. The number of esters is 2. The molecule has 0 radical (unpaired) electrons. The van der Waals surface area contributed by atoms with Gasteiger partial charge >= 0.3 is 17.9 Å². The van der Waals surface area contributed by atoms with Gasteiger partial charge < -0.3 is 25.2 Å². The second-order valence-electron chi connectivity index (χ2n) is 12.2. The van der Waals surface area contributed by atoms with E-state index in [1.54, 1.807) is 35.5 Å². The molecule has 0 aliphatic carbocycles. The molecule has 3 unspecified atom stereocenters. The minimum absolute atomic E-state index is 0.249. The molecule has 0 amide bonds. The highest BCUT2D eigenvalue weighted by atomic mass is 16.6. The van der Waals surface area contributed by atoms with Crippen molar-refractivity contribution < 1.29 is 39.5 Å². The monoisotopic (exact) mass is 652 g/mol. The SMILES string of the molecule is CC(O)N(C)C.CC(O)N(C)C.CC(O)N(C)C.CCCCCCCCCCC(=O)OC(=O)CCCCCCCCCC(=O)O. The molecule has 0 heterocycles. The average molecular weight is 652 g/mol. The number of carboxylic acids is 1. The topological polar surface area (TPSA) is 151 Å². The molecule has 0 saturated heterocycles. The number of aliphatic hydroxyl groups is 3. The summed E-state index contributed by atoms with van der Waals surface area (Å²) in [6.07, 6.45) is 15.8. The van der Waals surface area contributed by atoms with Gasteiger partial charge in [0.2, 0.25) is 0 Å². The molecule has 0 bridgehead atoms. The molecular formula is C34H73N3O8. The summed E-state index contributed by atoms with van der Waals surface area (Å²) >= 11 is 0. The van der Waals surface area contributed by atoms with Crippen molar-refractivity contribution in [1.29, 1.82) is 0 Å². The average Bonchev–Trinajstić information content (AvgIpc) is 2.94. The molecule has 0 aromatic carbocycles. The molecular weight excluding hydrogens is 578 g/mol. The van der Waals surface area contributed by atoms with Gasteiger partial charge in [0, 0.05) is 19.3 Å². The molecule has 45 heavy (non-hydrogen) atoms. The Balaban J connectivity index is -0.000000375. The minimum atomic E-state index is -0.731. The molecule has 0 saturated carbocycles. The molecule has 11 heteroatoms. The minimum Gasteiger partial charge on any atom is -0.481 e. The summed E-state index contributed by atoms with van der Waals surface area (Å²) in [6.45, 7) is 7.38. The van der Waals surface area contributed by atoms with Crippen LogP contribution >= 0.6 is 0 Å². The number of carbonyl (C=O) groups excluding carboxylic acids is 2. The number of carboxylic acid groups (broad SMARTS) is 1. The number of hydrogen-bond donors (Lipinski definition) is 4. The predicted molar refractivity (Wildman–Crippen MR) is 184 cm³/mol. The molecule has 0 fully saturated rings. The molecule has 3 atom stereocenters. The van der Waals surface area contributed by atoms with Gasteiger partial charge in [0.05, 0.1) is 0 Å². The van der Waals surface area contributed by atoms with E-state index >= 15 is 0 Å². The number of carbonyl (C=O) groups is 3. The van der Waals surface area contributed by atoms with Crippen molar-refractivity contribution in [2.24, 2.45) is 0 Å². The van der Waals surface area contributed by atoms with Crippen LogP contribution in [0.15, 0.2) is 0 Å². The highest BCUT2D eigenvalue weighted by Crippen LogP contribution is 2.12. The Morgan fingerprint density at radius 1 is 0.489 bits per heavy atom. The van der Waals surface area contributed by atoms with Crippen LogP contribution in [0.2, 0.25) is 0 Å². The van der Waals surface area contributed by atoms with Gasteiger partial charge in [-0.2, -0.15) is 0 Å². The van der Waals surface area contributed by atoms with Gasteiger partial charge in [0.1, 0.15) is 18.7 Å². The van der Waals surface area contributed by atoms with Gasteiger partial charge in [-0.3, -0.25) is 29.1 Å². The van der Waals surface area contributed by atoms with Crippen molar-refractivity contribution in [3.63, 3.8) is 0 Å². The van der Waals surface area contributed by atoms with Crippen molar-refractivity contribution in [2.75, 3.05) is 42.3 Å². The van der Waals surface area contributed by atoms with Crippen LogP contribution in [0.1, 0.15) is 143 Å². The largest absolute Gasteiger partial charge is 0.481 e. The fourth-order valence-corrected chi connectivity index (χ4v) is 3.06. The number of aliphatic carboxylic acids is 1. The fourth-order valence-electron chi connectivity index (χ4n) is 3.06. The standard InChI is InChI=1S/C22H40O5.3C4H11NO/c1-2-3-4-5-6-9-12-15-18-21(25)27-22(26)19-16-13-10-7-8-11-14-17-20(23)24;3*1-4(6)5(2)3/h2-19H2,1H3,(H,23,24);3*4,6H,1-3H3. The van der Waals surface area contributed by atoms with Crippen LogP contribution < -0.4 is 0 Å². The van der Waals surface area contributed by atoms with E-state index in [0.29, 0.717) is 12.8 Å². The molecule has 0 aromatic heterocycles. The molecule has 0 spiro atoms. The normalized spacial score (nSPS) is 12.6. The third-order valence-corrected chi connectivity index (χ3v) is 6.98. The summed E-state index contributed by atoms with van der Waals surface area (Å²) in [4.78, 5) is 38.8. The highest BCUT2D eigenvalue weighted by Gasteiger charge is 2.10. The predicted octanol–water partition coefficient (Wildman–Crippen LogP) is 5.84. The van der Waals surface area contributed by atoms with Crippen LogP contribution in [0.4, 0.5) is 0 Å². The highest BCUT2D eigenvalue weighted by molar-refractivity contribution is 5.85. The molecule has 0 aromatic rings. The summed E-state index contributed by atoms with van der Waals surface area (Å²) in [5.74, 6) is -1.52. The quantitative estimate of drug-likeness (QED) is 0.0484. The van der Waals surface area contributed by atoms with Gasteiger partial charge in [-0.25, -0.2) is 0 Å². The van der Waals surface area contributed by atoms with Crippen molar-refractivity contribution in [3.05, 3.63) is 0 Å². The van der Waals surface area contributed by atoms with E-state index in [4.69, 9.17) is 25.2 Å². The Hall–Kier alpha value is -1.63. The zero-order valence-electron chi connectivity index (χ0n) is 30.7. The maximum Gasteiger partial charge on any atom is 0.313 e. The van der Waals surface area contributed by atoms with E-state index in [9.17, 15) is 14.4 Å². The maximum atomic E-state index is 11.6. The third kappa shape index (κ3) is 52.2. The number of ether oxygens (including phenoxy) is 1. The zero-order chi connectivity index (χ0) is 35.6. The molecule has 0 aliphatic rings. The first-order valence-electron chi connectivity index (χ1n) is 17.0. The maximum absolute atomic E-state index is 11.6. The van der Waals surface area contributed by atoms with Crippen molar-refractivity contribution >= 4 is 17.9 Å². The third-order valence-electron chi connectivity index (χ3n) is 6.98. The smallest absolute Gasteiger partial charge is 0.313 e. The Bertz CT molecular complexity index is 611. The van der Waals surface area contributed by atoms with Crippen molar-refractivity contribution in [1.82, 2.24) is 14.7 Å². The van der Waals surface area contributed by atoms with Gasteiger partial charge in [-0.1, -0.05) is 84.0 Å². The van der Waals surface area contributed by atoms with E-state index in [2.05, 4.69) is 6.92 Å². The second-order valence-corrected chi connectivity index (χ2v) is 12.2. The van der Waals surface area contributed by atoms with E-state index in [1.807, 2.05) is 42.3 Å². The first-order chi connectivity index (χ1) is 21.0. The van der Waals surface area contributed by atoms with Gasteiger partial charge in [0.15, 0.2) is 0 Å². The van der Waals surface area contributed by atoms with Crippen LogP contribution in [0.3, 0.4) is 0 Å². The van der Waals surface area contributed by atoms with Gasteiger partial charge in [-0.15, -0.1) is 0 Å². The number of rotatable bonds is 22. The summed E-state index contributed by atoms with van der Waals surface area (Å²) < 4.78 is 4.86. The lowest BCUT2D eigenvalue weighted by Crippen LogP contribution is -2.23. The summed E-state index contributed by atoms with van der Waals surface area (Å²) in [7, 11) is 10.9. The van der Waals surface area contributed by atoms with Crippen LogP contribution in [-0.4, -0.2) is 114 Å². The lowest BCUT2D eigenvalue weighted by atomic mass is 10.1. The number of aliphatic hydroxyl groups excluding tert-OH is 3. The molecule has 0 aliphatic heterocycles. The number of unbranched alkanes of at least 4 members (excludes halogenated alkanes) is 13. The first kappa shape index (κ1) is 50.2. The number of hydrogen-bond acceptors (Lipinski definition) is 10. The van der Waals surface area contributed by atoms with Crippen LogP contribution in [-0.2, 0) is 19.1 Å². The lowest BCUT2D eigenvalue weighted by Gasteiger charge is -2.11. The molecule has 11 nitrogen and oxygen atoms in total. The van der Waals surface area contributed by atoms with Gasteiger partial charge in [-0.05, 0) is 82.3 Å². The van der Waals surface area contributed by atoms with Gasteiger partial charge in [0.25, 0.3) is 0 Å². The van der Waals surface area contributed by atoms with E-state index in [0.717, 1.165) is 64.2 Å². The Morgan fingerprint density at radius 2 is 0.711 bits per heavy atom. The first-order valence-corrected chi connectivity index (χ1v) is 17.0. The Kier molecular flexibility index (Phi) is 41.1. The summed E-state index contributed by atoms with van der Waals surface area (Å²) in [6, 6.07) is 0. The Labute approximate surface area is 276 Å². The van der Waals surface area contributed by atoms with Crippen LogP contribution in [0.25, 0.3) is 0 Å². The van der Waals surface area contributed by atoms with Crippen molar-refractivity contribution in [3.8, 4) is 0 Å². The summed E-state index contributed by atoms with van der Waals surface area (Å²) in [5, 5.41) is 34.2. The second kappa shape index (κ2) is 36.8. The van der Waals surface area contributed by atoms with Crippen LogP contribution in [0.5, 0.6) is 0 Å². The number of nitrogens with zero attached hydrogens (tertiary/aromatic N) is 3. The lowest BCUT2D eigenvalue weighted by molar-refractivity contribution is -0.159. The molecule has 0 rings (SSSR count). The van der Waals surface area contributed by atoms with E-state index < -0.39 is 11.9 Å². The van der Waals surface area contributed by atoms with Crippen molar-refractivity contribution in [2.45, 2.75) is 162 Å². The summed E-state index contributed by atoms with van der Waals surface area (Å²) in [5.41, 5.74) is 0. The van der Waals surface area contributed by atoms with E-state index in [1.165, 1.54) is 32.1 Å². The van der Waals surface area contributed by atoms with Crippen LogP contribution in [0, 0.1) is 0 Å². The fraction of sp³-hybridized carbons (Fsp3) is 0.912. The van der Waals surface area contributed by atoms with E-state index in [-0.39, 0.29) is 31.1 Å².